The molecule has 1 aromatic heterocycles. The van der Waals surface area contributed by atoms with Gasteiger partial charge in [0.2, 0.25) is 5.36 Å². The van der Waals surface area contributed by atoms with Gasteiger partial charge in [-0.1, -0.05) is 42.5 Å². The number of halogens is 4. The third kappa shape index (κ3) is 7.13. The molecule has 4 aromatic rings. The van der Waals surface area contributed by atoms with E-state index < -0.39 is 7.25 Å². The van der Waals surface area contributed by atoms with Gasteiger partial charge in [-0.2, -0.15) is 0 Å². The summed E-state index contributed by atoms with van der Waals surface area (Å²) in [5.41, 5.74) is 3.08. The predicted molar refractivity (Wildman–Crippen MR) is 124 cm³/mol. The van der Waals surface area contributed by atoms with Crippen LogP contribution in [0.15, 0.2) is 83.3 Å². The molecule has 178 valence electrons. The van der Waals surface area contributed by atoms with Gasteiger partial charge in [0.05, 0.1) is 25.7 Å². The lowest BCUT2D eigenvalue weighted by molar-refractivity contribution is -0.498. The molecule has 1 heterocycles. The number of methoxy groups -OCH3 is 2. The molecule has 4 rings (SSSR count). The largest absolute Gasteiger partial charge is 0.673 e. The summed E-state index contributed by atoms with van der Waals surface area (Å²) in [4.78, 5) is 3.58. The normalized spacial score (nSPS) is 11.6. The summed E-state index contributed by atoms with van der Waals surface area (Å²) in [5, 5.41) is 2.11. The average Bonchev–Trinajstić information content (AvgIpc) is 2.83. The van der Waals surface area contributed by atoms with Crippen molar-refractivity contribution < 1.29 is 36.1 Å². The van der Waals surface area contributed by atoms with Crippen LogP contribution >= 0.6 is 0 Å². The first-order valence-electron chi connectivity index (χ1n) is 10.5. The van der Waals surface area contributed by atoms with Crippen molar-refractivity contribution in [3.63, 3.8) is 0 Å². The Hall–Kier alpha value is -3.75. The van der Waals surface area contributed by atoms with E-state index in [0.717, 1.165) is 40.6 Å². The van der Waals surface area contributed by atoms with Gasteiger partial charge >= 0.3 is 7.25 Å². The second-order valence-corrected chi connectivity index (χ2v) is 7.25. The van der Waals surface area contributed by atoms with E-state index in [1.54, 1.807) is 14.2 Å². The minimum absolute atomic E-state index is 0.673. The Kier molecular flexibility index (Phi) is 8.35. The number of para-hydroxylation sites is 1. The maximum absolute atomic E-state index is 9.75. The third-order valence-corrected chi connectivity index (χ3v) is 4.91. The average molecular weight is 473 g/mol. The van der Waals surface area contributed by atoms with Crippen molar-refractivity contribution in [1.82, 2.24) is 0 Å². The lowest BCUT2D eigenvalue weighted by Crippen LogP contribution is -2.77. The van der Waals surface area contributed by atoms with Gasteiger partial charge in [-0.3, -0.25) is 0 Å². The standard InChI is InChI=1S/C25H23NO3.BF4/c1-27-23-13-12-19(16-25(23)28-2)24-17-21(20-10-6-7-11-22(20)29-24)26-15-14-18-8-4-3-5-9-18;2-1(3,4)5/h3-13,16-17H,14-15H2,1-2H3;/q;-1/p+1. The molecule has 0 bridgehead atoms. The van der Waals surface area contributed by atoms with Crippen molar-refractivity contribution in [2.24, 2.45) is 0 Å². The van der Waals surface area contributed by atoms with Crippen LogP contribution in [0.5, 0.6) is 11.5 Å². The van der Waals surface area contributed by atoms with Gasteiger partial charge in [-0.25, -0.2) is 4.99 Å². The lowest BCUT2D eigenvalue weighted by atomic mass is 10.1. The van der Waals surface area contributed by atoms with E-state index in [4.69, 9.17) is 13.9 Å². The van der Waals surface area contributed by atoms with Gasteiger partial charge in [0.25, 0.3) is 0 Å². The first-order valence-corrected chi connectivity index (χ1v) is 10.5. The van der Waals surface area contributed by atoms with Crippen LogP contribution in [0.25, 0.3) is 22.3 Å². The van der Waals surface area contributed by atoms with Crippen molar-refractivity contribution in [2.45, 2.75) is 6.42 Å². The van der Waals surface area contributed by atoms with E-state index in [0.29, 0.717) is 11.5 Å². The van der Waals surface area contributed by atoms with Crippen molar-refractivity contribution >= 4 is 18.2 Å². The SMILES string of the molecule is COc1ccc(-c2cc(=[NH+]CCc3ccccc3)c3ccccc3o2)cc1OC.F[B-](F)(F)F. The van der Waals surface area contributed by atoms with Crippen molar-refractivity contribution in [3.05, 3.63) is 89.8 Å². The van der Waals surface area contributed by atoms with Crippen LogP contribution in [0.2, 0.25) is 0 Å². The molecule has 0 aliphatic carbocycles. The van der Waals surface area contributed by atoms with E-state index in [2.05, 4.69) is 41.4 Å². The molecule has 0 aliphatic rings. The molecular weight excluding hydrogens is 449 g/mol. The Morgan fingerprint density at radius 3 is 2.12 bits per heavy atom. The van der Waals surface area contributed by atoms with Crippen LogP contribution in [-0.2, 0) is 6.42 Å². The van der Waals surface area contributed by atoms with Crippen molar-refractivity contribution in [1.29, 1.82) is 0 Å². The third-order valence-electron chi connectivity index (χ3n) is 4.91. The number of hydrogen-bond acceptors (Lipinski definition) is 3. The molecule has 0 saturated heterocycles. The summed E-state index contributed by atoms with van der Waals surface area (Å²) in [5.74, 6) is 2.14. The Morgan fingerprint density at radius 2 is 1.44 bits per heavy atom. The first kappa shape index (κ1) is 24.9. The molecule has 0 atom stereocenters. The van der Waals surface area contributed by atoms with Crippen LogP contribution in [0.4, 0.5) is 17.3 Å². The molecule has 9 heteroatoms. The molecule has 0 unspecified atom stereocenters. The molecule has 0 saturated carbocycles. The fraction of sp³-hybridized carbons (Fsp3) is 0.160. The number of ether oxygens (including phenoxy) is 2. The van der Waals surface area contributed by atoms with Gasteiger partial charge in [0.15, 0.2) is 11.5 Å². The van der Waals surface area contributed by atoms with Crippen LogP contribution in [0.1, 0.15) is 5.56 Å². The fourth-order valence-corrected chi connectivity index (χ4v) is 3.40. The zero-order valence-corrected chi connectivity index (χ0v) is 18.7. The summed E-state index contributed by atoms with van der Waals surface area (Å²) in [6.45, 7) is 0.837. The highest BCUT2D eigenvalue weighted by Crippen LogP contribution is 2.32. The Morgan fingerprint density at radius 1 is 0.794 bits per heavy atom. The fourth-order valence-electron chi connectivity index (χ4n) is 3.40. The second-order valence-electron chi connectivity index (χ2n) is 7.25. The molecule has 0 fully saturated rings. The zero-order chi connectivity index (χ0) is 24.6. The molecule has 4 nitrogen and oxygen atoms in total. The van der Waals surface area contributed by atoms with Gasteiger partial charge in [0.1, 0.15) is 17.9 Å². The Labute approximate surface area is 194 Å². The van der Waals surface area contributed by atoms with Crippen LogP contribution in [-0.4, -0.2) is 28.0 Å². The zero-order valence-electron chi connectivity index (χ0n) is 18.7. The number of rotatable bonds is 6. The quantitative estimate of drug-likeness (QED) is 0.328. The summed E-state index contributed by atoms with van der Waals surface area (Å²) < 4.78 is 56.0. The van der Waals surface area contributed by atoms with E-state index in [-0.39, 0.29) is 0 Å². The van der Waals surface area contributed by atoms with E-state index in [9.17, 15) is 17.3 Å². The summed E-state index contributed by atoms with van der Waals surface area (Å²) >= 11 is 0. The molecule has 34 heavy (non-hydrogen) atoms. The first-order chi connectivity index (χ1) is 16.3. The smallest absolute Gasteiger partial charge is 0.493 e. The minimum Gasteiger partial charge on any atom is -0.493 e. The number of hydrogen-bond donors (Lipinski definition) is 1. The van der Waals surface area contributed by atoms with E-state index >= 15 is 0 Å². The van der Waals surface area contributed by atoms with Gasteiger partial charge in [-0.05, 0) is 35.9 Å². The summed E-state index contributed by atoms with van der Waals surface area (Å²) in [6.07, 6.45) is 0.951. The molecular formula is C25H24BF4NO3. The molecule has 0 radical (unpaired) electrons. The molecule has 1 N–H and O–H groups in total. The van der Waals surface area contributed by atoms with Gasteiger partial charge in [0, 0.05) is 12.0 Å². The van der Waals surface area contributed by atoms with E-state index in [1.807, 2.05) is 42.5 Å². The van der Waals surface area contributed by atoms with Gasteiger partial charge in [-0.15, -0.1) is 0 Å². The van der Waals surface area contributed by atoms with Crippen LogP contribution < -0.4 is 19.8 Å². The highest BCUT2D eigenvalue weighted by atomic mass is 19.5. The number of benzene rings is 3. The van der Waals surface area contributed by atoms with Crippen molar-refractivity contribution in [2.75, 3.05) is 20.8 Å². The second kappa shape index (κ2) is 11.4. The maximum atomic E-state index is 9.75. The van der Waals surface area contributed by atoms with Gasteiger partial charge < -0.3 is 31.2 Å². The highest BCUT2D eigenvalue weighted by Gasteiger charge is 2.20. The Bertz CT molecular complexity index is 1280. The molecule has 0 spiro atoms. The maximum Gasteiger partial charge on any atom is 0.673 e. The molecule has 0 amide bonds. The lowest BCUT2D eigenvalue weighted by Gasteiger charge is -2.09. The molecule has 3 aromatic carbocycles. The van der Waals surface area contributed by atoms with E-state index in [1.165, 1.54) is 5.56 Å². The van der Waals surface area contributed by atoms with Crippen LogP contribution in [0.3, 0.4) is 0 Å². The topological polar surface area (TPSA) is 45.6 Å². The number of fused-ring (bicyclic) bond motifs is 1. The summed E-state index contributed by atoms with van der Waals surface area (Å²) in [7, 11) is -2.73. The minimum atomic E-state index is -6.00. The molecule has 0 aliphatic heterocycles. The van der Waals surface area contributed by atoms with Crippen LogP contribution in [0, 0.1) is 0 Å². The number of nitrogens with one attached hydrogen (secondary N) is 1. The highest BCUT2D eigenvalue weighted by molar-refractivity contribution is 6.50. The summed E-state index contributed by atoms with van der Waals surface area (Å²) in [6, 6.07) is 26.4. The monoisotopic (exact) mass is 473 g/mol. The van der Waals surface area contributed by atoms with Crippen molar-refractivity contribution in [3.8, 4) is 22.8 Å². The predicted octanol–water partition coefficient (Wildman–Crippen LogP) is 4.64. The Balaban J connectivity index is 0.000000588.